The normalized spacial score (nSPS) is 24.5. The minimum Gasteiger partial charge on any atom is -0.381 e. The Hall–Kier alpha value is -1.96. The van der Waals surface area contributed by atoms with Gasteiger partial charge in [0.2, 0.25) is 5.91 Å². The van der Waals surface area contributed by atoms with Gasteiger partial charge in [0.1, 0.15) is 0 Å². The highest BCUT2D eigenvalue weighted by atomic mass is 16.5. The fourth-order valence-corrected chi connectivity index (χ4v) is 4.53. The number of anilines is 1. The van der Waals surface area contributed by atoms with E-state index in [1.807, 2.05) is 29.2 Å². The molecule has 0 spiro atoms. The number of amides is 2. The highest BCUT2D eigenvalue weighted by Crippen LogP contribution is 2.23. The molecular weight excluding hydrogens is 370 g/mol. The summed E-state index contributed by atoms with van der Waals surface area (Å²) >= 11 is 0. The van der Waals surface area contributed by atoms with Crippen LogP contribution in [0.2, 0.25) is 0 Å². The van der Waals surface area contributed by atoms with Crippen molar-refractivity contribution in [1.82, 2.24) is 10.2 Å². The van der Waals surface area contributed by atoms with Gasteiger partial charge in [0.15, 0.2) is 0 Å². The zero-order valence-electron chi connectivity index (χ0n) is 17.0. The molecule has 0 aliphatic carbocycles. The van der Waals surface area contributed by atoms with E-state index < -0.39 is 0 Å². The molecule has 0 radical (unpaired) electrons. The fourth-order valence-electron chi connectivity index (χ4n) is 4.53. The Balaban J connectivity index is 1.36. The van der Waals surface area contributed by atoms with E-state index in [-0.39, 0.29) is 17.9 Å². The van der Waals surface area contributed by atoms with E-state index in [4.69, 9.17) is 9.47 Å². The molecule has 0 aromatic heterocycles. The summed E-state index contributed by atoms with van der Waals surface area (Å²) in [5, 5.41) is 3.12. The van der Waals surface area contributed by atoms with Crippen LogP contribution < -0.4 is 10.2 Å². The van der Waals surface area contributed by atoms with Gasteiger partial charge in [-0.25, -0.2) is 0 Å². The summed E-state index contributed by atoms with van der Waals surface area (Å²) in [6, 6.07) is 7.66. The first-order valence-electron chi connectivity index (χ1n) is 10.8. The van der Waals surface area contributed by atoms with Crippen LogP contribution in [0.1, 0.15) is 36.0 Å². The molecule has 3 aliphatic heterocycles. The topological polar surface area (TPSA) is 71.1 Å². The molecule has 1 aromatic rings. The lowest BCUT2D eigenvalue weighted by molar-refractivity contribution is -0.119. The van der Waals surface area contributed by atoms with Gasteiger partial charge in [0, 0.05) is 62.4 Å². The molecule has 3 saturated heterocycles. The Morgan fingerprint density at radius 2 is 1.86 bits per heavy atom. The molecule has 7 heteroatoms. The van der Waals surface area contributed by atoms with Crippen molar-refractivity contribution in [2.24, 2.45) is 5.92 Å². The van der Waals surface area contributed by atoms with Crippen LogP contribution in [-0.4, -0.2) is 75.4 Å². The maximum Gasteiger partial charge on any atom is 0.251 e. The smallest absolute Gasteiger partial charge is 0.251 e. The number of ether oxygens (including phenoxy) is 2. The monoisotopic (exact) mass is 401 g/mol. The summed E-state index contributed by atoms with van der Waals surface area (Å²) in [4.78, 5) is 29.1. The lowest BCUT2D eigenvalue weighted by Crippen LogP contribution is -2.52. The van der Waals surface area contributed by atoms with Crippen LogP contribution in [0.25, 0.3) is 0 Å². The molecule has 4 rings (SSSR count). The second-order valence-corrected chi connectivity index (χ2v) is 8.10. The van der Waals surface area contributed by atoms with Gasteiger partial charge in [0.05, 0.1) is 19.8 Å². The molecule has 158 valence electrons. The molecule has 1 N–H and O–H groups in total. The molecule has 3 heterocycles. The molecule has 0 saturated carbocycles. The molecule has 7 nitrogen and oxygen atoms in total. The lowest BCUT2D eigenvalue weighted by atomic mass is 9.96. The van der Waals surface area contributed by atoms with Gasteiger partial charge in [-0.2, -0.15) is 0 Å². The van der Waals surface area contributed by atoms with Crippen molar-refractivity contribution in [2.75, 3.05) is 57.5 Å². The Morgan fingerprint density at radius 3 is 2.55 bits per heavy atom. The summed E-state index contributed by atoms with van der Waals surface area (Å²) in [6.45, 7) is 6.22. The third-order valence-electron chi connectivity index (χ3n) is 6.26. The number of carbonyl (C=O) groups is 2. The quantitative estimate of drug-likeness (QED) is 0.785. The highest BCUT2D eigenvalue weighted by molar-refractivity contribution is 5.96. The largest absolute Gasteiger partial charge is 0.381 e. The van der Waals surface area contributed by atoms with Crippen LogP contribution in [0.4, 0.5) is 5.69 Å². The van der Waals surface area contributed by atoms with E-state index in [1.54, 1.807) is 0 Å². The first-order chi connectivity index (χ1) is 14.2. The summed E-state index contributed by atoms with van der Waals surface area (Å²) in [5.74, 6) is 0.542. The number of nitrogens with one attached hydrogen (secondary N) is 1. The maximum absolute atomic E-state index is 12.7. The SMILES string of the molecule is O=C(NCC(C1CCOC1)N1CCOCC1)c1ccc(N2CCCCC2=O)cc1. The number of piperidine rings is 1. The molecule has 2 atom stereocenters. The molecule has 0 bridgehead atoms. The van der Waals surface area contributed by atoms with Crippen molar-refractivity contribution in [2.45, 2.75) is 31.7 Å². The number of nitrogens with zero attached hydrogens (tertiary/aromatic N) is 2. The van der Waals surface area contributed by atoms with E-state index in [1.165, 1.54) is 0 Å². The third kappa shape index (κ3) is 4.97. The van der Waals surface area contributed by atoms with E-state index in [2.05, 4.69) is 10.2 Å². The second kappa shape index (κ2) is 9.69. The summed E-state index contributed by atoms with van der Waals surface area (Å²) in [5.41, 5.74) is 1.50. The Bertz CT molecular complexity index is 697. The van der Waals surface area contributed by atoms with Gasteiger partial charge in [0.25, 0.3) is 5.91 Å². The van der Waals surface area contributed by atoms with Gasteiger partial charge in [-0.15, -0.1) is 0 Å². The second-order valence-electron chi connectivity index (χ2n) is 8.10. The Labute approximate surface area is 172 Å². The van der Waals surface area contributed by atoms with Crippen LogP contribution in [0.15, 0.2) is 24.3 Å². The Morgan fingerprint density at radius 1 is 1.07 bits per heavy atom. The van der Waals surface area contributed by atoms with Crippen LogP contribution in [0.5, 0.6) is 0 Å². The van der Waals surface area contributed by atoms with Gasteiger partial charge in [-0.05, 0) is 43.5 Å². The van der Waals surface area contributed by atoms with E-state index in [0.29, 0.717) is 24.4 Å². The molecule has 2 amide bonds. The van der Waals surface area contributed by atoms with Crippen LogP contribution in [0, 0.1) is 5.92 Å². The molecule has 2 unspecified atom stereocenters. The minimum absolute atomic E-state index is 0.0707. The predicted molar refractivity (Wildman–Crippen MR) is 110 cm³/mol. The van der Waals surface area contributed by atoms with Crippen molar-refractivity contribution < 1.29 is 19.1 Å². The number of morpholine rings is 1. The van der Waals surface area contributed by atoms with Gasteiger partial charge >= 0.3 is 0 Å². The van der Waals surface area contributed by atoms with E-state index in [0.717, 1.165) is 71.0 Å². The van der Waals surface area contributed by atoms with E-state index in [9.17, 15) is 9.59 Å². The zero-order valence-corrected chi connectivity index (χ0v) is 17.0. The molecular formula is C22H31N3O4. The summed E-state index contributed by atoms with van der Waals surface area (Å²) in [7, 11) is 0. The van der Waals surface area contributed by atoms with Crippen LogP contribution in [-0.2, 0) is 14.3 Å². The van der Waals surface area contributed by atoms with Crippen LogP contribution >= 0.6 is 0 Å². The number of benzene rings is 1. The average molecular weight is 402 g/mol. The van der Waals surface area contributed by atoms with Crippen molar-refractivity contribution in [3.05, 3.63) is 29.8 Å². The first kappa shape index (κ1) is 20.3. The predicted octanol–water partition coefficient (Wildman–Crippen LogP) is 1.67. The number of carbonyl (C=O) groups excluding carboxylic acids is 2. The summed E-state index contributed by atoms with van der Waals surface area (Å²) < 4.78 is 11.1. The van der Waals surface area contributed by atoms with Gasteiger partial charge in [-0.1, -0.05) is 0 Å². The summed E-state index contributed by atoms with van der Waals surface area (Å²) in [6.07, 6.45) is 3.64. The fraction of sp³-hybridized carbons (Fsp3) is 0.636. The molecule has 1 aromatic carbocycles. The van der Waals surface area contributed by atoms with Crippen LogP contribution in [0.3, 0.4) is 0 Å². The number of hydrogen-bond acceptors (Lipinski definition) is 5. The molecule has 3 fully saturated rings. The lowest BCUT2D eigenvalue weighted by Gasteiger charge is -2.37. The first-order valence-corrected chi connectivity index (χ1v) is 10.8. The van der Waals surface area contributed by atoms with Crippen molar-refractivity contribution in [3.8, 4) is 0 Å². The molecule has 3 aliphatic rings. The van der Waals surface area contributed by atoms with Gasteiger partial charge < -0.3 is 19.7 Å². The zero-order chi connectivity index (χ0) is 20.1. The van der Waals surface area contributed by atoms with E-state index >= 15 is 0 Å². The average Bonchev–Trinajstić information content (AvgIpc) is 3.30. The van der Waals surface area contributed by atoms with Crippen molar-refractivity contribution in [3.63, 3.8) is 0 Å². The van der Waals surface area contributed by atoms with Crippen molar-refractivity contribution >= 4 is 17.5 Å². The van der Waals surface area contributed by atoms with Crippen molar-refractivity contribution in [1.29, 1.82) is 0 Å². The minimum atomic E-state index is -0.0707. The standard InChI is InChI=1S/C22H31N3O4/c26-21-3-1-2-9-25(21)19-6-4-17(5-7-19)22(27)23-15-20(18-8-12-29-16-18)24-10-13-28-14-11-24/h4-7,18,20H,1-3,8-16H2,(H,23,27). The highest BCUT2D eigenvalue weighted by Gasteiger charge is 2.31. The number of rotatable bonds is 6. The maximum atomic E-state index is 12.7. The van der Waals surface area contributed by atoms with Gasteiger partial charge in [-0.3, -0.25) is 14.5 Å². The number of hydrogen-bond donors (Lipinski definition) is 1. The molecule has 29 heavy (non-hydrogen) atoms. The third-order valence-corrected chi connectivity index (χ3v) is 6.26. The Kier molecular flexibility index (Phi) is 6.79.